The highest BCUT2D eigenvalue weighted by Gasteiger charge is 2.20. The summed E-state index contributed by atoms with van der Waals surface area (Å²) in [6, 6.07) is 0.886. The first-order valence-corrected chi connectivity index (χ1v) is 7.56. The molecular weight excluding hydrogens is 194 g/mol. The first-order chi connectivity index (χ1) is 7.83. The van der Waals surface area contributed by atoms with Crippen LogP contribution < -0.4 is 5.32 Å². The van der Waals surface area contributed by atoms with E-state index in [9.17, 15) is 0 Å². The number of hydrogen-bond acceptors (Lipinski definition) is 1. The predicted molar refractivity (Wildman–Crippen MR) is 72.8 cm³/mol. The van der Waals surface area contributed by atoms with E-state index < -0.39 is 0 Å². The van der Waals surface area contributed by atoms with Gasteiger partial charge in [0.2, 0.25) is 0 Å². The Hall–Kier alpha value is -0.0400. The van der Waals surface area contributed by atoms with Gasteiger partial charge >= 0.3 is 0 Å². The first-order valence-electron chi connectivity index (χ1n) is 7.56. The number of unbranched alkanes of at least 4 members (excludes halogenated alkanes) is 6. The van der Waals surface area contributed by atoms with Crippen LogP contribution in [0.2, 0.25) is 0 Å². The van der Waals surface area contributed by atoms with Gasteiger partial charge in [-0.1, -0.05) is 58.8 Å². The second-order valence-electron chi connectivity index (χ2n) is 5.70. The van der Waals surface area contributed by atoms with Crippen molar-refractivity contribution in [2.75, 3.05) is 6.54 Å². The van der Waals surface area contributed by atoms with Crippen molar-refractivity contribution >= 4 is 0 Å². The van der Waals surface area contributed by atoms with Gasteiger partial charge in [-0.15, -0.1) is 0 Å². The Kier molecular flexibility index (Phi) is 7.92. The third kappa shape index (κ3) is 8.15. The average molecular weight is 225 g/mol. The fourth-order valence-electron chi connectivity index (χ4n) is 2.21. The van der Waals surface area contributed by atoms with Crippen molar-refractivity contribution < 1.29 is 0 Å². The molecule has 1 atom stereocenters. The molecule has 0 aromatic heterocycles. The Bertz CT molecular complexity index is 152. The van der Waals surface area contributed by atoms with E-state index in [0.29, 0.717) is 0 Å². The molecule has 1 N–H and O–H groups in total. The molecule has 1 nitrogen and oxygen atoms in total. The predicted octanol–water partition coefficient (Wildman–Crippen LogP) is 4.52. The molecule has 1 rings (SSSR count). The molecule has 0 amide bonds. The smallest absolute Gasteiger partial charge is 0.00683 e. The lowest BCUT2D eigenvalue weighted by molar-refractivity contribution is 0.449. The summed E-state index contributed by atoms with van der Waals surface area (Å²) in [6.45, 7) is 5.93. The number of rotatable bonds is 11. The first kappa shape index (κ1) is 14.0. The quantitative estimate of drug-likeness (QED) is 0.510. The summed E-state index contributed by atoms with van der Waals surface area (Å²) in [7, 11) is 0. The van der Waals surface area contributed by atoms with Gasteiger partial charge in [-0.3, -0.25) is 0 Å². The maximum atomic E-state index is 3.63. The maximum Gasteiger partial charge on any atom is 0.00683 e. The third-order valence-electron chi connectivity index (χ3n) is 3.63. The molecule has 1 unspecified atom stereocenters. The molecule has 1 aliphatic carbocycles. The molecule has 1 aliphatic rings. The zero-order valence-corrected chi connectivity index (χ0v) is 11.4. The Morgan fingerprint density at radius 2 is 1.62 bits per heavy atom. The van der Waals surface area contributed by atoms with Crippen molar-refractivity contribution in [3.05, 3.63) is 0 Å². The normalized spacial score (nSPS) is 17.6. The lowest BCUT2D eigenvalue weighted by atomic mass is 10.0. The average Bonchev–Trinajstić information content (AvgIpc) is 3.09. The molecule has 1 fully saturated rings. The molecule has 0 aromatic rings. The second-order valence-corrected chi connectivity index (χ2v) is 5.70. The molecule has 1 heteroatoms. The van der Waals surface area contributed by atoms with Gasteiger partial charge in [0.15, 0.2) is 0 Å². The Labute approximate surface area is 102 Å². The molecule has 96 valence electrons. The molecule has 16 heavy (non-hydrogen) atoms. The van der Waals surface area contributed by atoms with E-state index in [1.54, 1.807) is 0 Å². The van der Waals surface area contributed by atoms with Crippen LogP contribution in [-0.2, 0) is 0 Å². The lowest BCUT2D eigenvalue weighted by Gasteiger charge is -2.11. The molecular formula is C15H31N. The van der Waals surface area contributed by atoms with Crippen molar-refractivity contribution in [3.8, 4) is 0 Å². The number of hydrogen-bond donors (Lipinski definition) is 1. The summed E-state index contributed by atoms with van der Waals surface area (Å²) >= 11 is 0. The highest BCUT2D eigenvalue weighted by molar-refractivity contribution is 4.81. The Morgan fingerprint density at radius 3 is 2.25 bits per heavy atom. The fourth-order valence-corrected chi connectivity index (χ4v) is 2.21. The summed E-state index contributed by atoms with van der Waals surface area (Å²) in [5.41, 5.74) is 0. The van der Waals surface area contributed by atoms with Crippen LogP contribution in [0.1, 0.15) is 78.1 Å². The monoisotopic (exact) mass is 225 g/mol. The van der Waals surface area contributed by atoms with Crippen molar-refractivity contribution in [3.63, 3.8) is 0 Å². The standard InChI is InChI=1S/C15H31N/c1-3-4-5-6-7-8-9-10-14(2)13-16-15-11-12-15/h14-16H,3-13H2,1-2H3. The molecule has 0 aliphatic heterocycles. The van der Waals surface area contributed by atoms with Gasteiger partial charge in [-0.2, -0.15) is 0 Å². The van der Waals surface area contributed by atoms with Crippen molar-refractivity contribution in [2.24, 2.45) is 5.92 Å². The van der Waals surface area contributed by atoms with Crippen LogP contribution >= 0.6 is 0 Å². The van der Waals surface area contributed by atoms with Crippen LogP contribution in [0, 0.1) is 5.92 Å². The van der Waals surface area contributed by atoms with Gasteiger partial charge in [0, 0.05) is 6.04 Å². The van der Waals surface area contributed by atoms with E-state index >= 15 is 0 Å². The minimum atomic E-state index is 0.885. The van der Waals surface area contributed by atoms with Gasteiger partial charge in [0.05, 0.1) is 0 Å². The van der Waals surface area contributed by atoms with Gasteiger partial charge in [0.1, 0.15) is 0 Å². The van der Waals surface area contributed by atoms with Crippen LogP contribution in [0.25, 0.3) is 0 Å². The Morgan fingerprint density at radius 1 is 1.00 bits per heavy atom. The van der Waals surface area contributed by atoms with E-state index in [-0.39, 0.29) is 0 Å². The minimum absolute atomic E-state index is 0.885. The van der Waals surface area contributed by atoms with E-state index in [0.717, 1.165) is 12.0 Å². The zero-order valence-electron chi connectivity index (χ0n) is 11.4. The van der Waals surface area contributed by atoms with Gasteiger partial charge < -0.3 is 5.32 Å². The lowest BCUT2D eigenvalue weighted by Crippen LogP contribution is -2.23. The SMILES string of the molecule is CCCCCCCCCC(C)CNC1CC1. The molecule has 0 heterocycles. The summed E-state index contributed by atoms with van der Waals surface area (Å²) in [6.07, 6.45) is 14.3. The largest absolute Gasteiger partial charge is 0.314 e. The summed E-state index contributed by atoms with van der Waals surface area (Å²) in [5.74, 6) is 0.885. The summed E-state index contributed by atoms with van der Waals surface area (Å²) in [4.78, 5) is 0. The van der Waals surface area contributed by atoms with E-state index in [1.807, 2.05) is 0 Å². The van der Waals surface area contributed by atoms with Crippen LogP contribution in [0.3, 0.4) is 0 Å². The molecule has 0 saturated heterocycles. The summed E-state index contributed by atoms with van der Waals surface area (Å²) in [5, 5.41) is 3.63. The molecule has 0 spiro atoms. The number of nitrogens with one attached hydrogen (secondary N) is 1. The van der Waals surface area contributed by atoms with Crippen molar-refractivity contribution in [2.45, 2.75) is 84.1 Å². The molecule has 0 bridgehead atoms. The van der Waals surface area contributed by atoms with E-state index in [4.69, 9.17) is 0 Å². The van der Waals surface area contributed by atoms with Crippen molar-refractivity contribution in [1.82, 2.24) is 5.32 Å². The van der Waals surface area contributed by atoms with E-state index in [1.165, 1.54) is 70.8 Å². The molecule has 0 aromatic carbocycles. The van der Waals surface area contributed by atoms with E-state index in [2.05, 4.69) is 19.2 Å². The molecule has 0 radical (unpaired) electrons. The highest BCUT2D eigenvalue weighted by atomic mass is 14.9. The highest BCUT2D eigenvalue weighted by Crippen LogP contribution is 2.19. The third-order valence-corrected chi connectivity index (χ3v) is 3.63. The maximum absolute atomic E-state index is 3.63. The summed E-state index contributed by atoms with van der Waals surface area (Å²) < 4.78 is 0. The zero-order chi connectivity index (χ0) is 11.6. The molecule has 1 saturated carbocycles. The fraction of sp³-hybridized carbons (Fsp3) is 1.00. The second kappa shape index (κ2) is 9.04. The topological polar surface area (TPSA) is 12.0 Å². The van der Waals surface area contributed by atoms with Gasteiger partial charge in [-0.05, 0) is 31.7 Å². The van der Waals surface area contributed by atoms with Crippen LogP contribution in [0.5, 0.6) is 0 Å². The van der Waals surface area contributed by atoms with Crippen LogP contribution in [0.4, 0.5) is 0 Å². The van der Waals surface area contributed by atoms with Crippen LogP contribution in [-0.4, -0.2) is 12.6 Å². The Balaban J connectivity index is 1.75. The van der Waals surface area contributed by atoms with Gasteiger partial charge in [0.25, 0.3) is 0 Å². The van der Waals surface area contributed by atoms with Gasteiger partial charge in [-0.25, -0.2) is 0 Å². The van der Waals surface area contributed by atoms with Crippen molar-refractivity contribution in [1.29, 1.82) is 0 Å². The minimum Gasteiger partial charge on any atom is -0.314 e. The van der Waals surface area contributed by atoms with Crippen LogP contribution in [0.15, 0.2) is 0 Å².